The van der Waals surface area contributed by atoms with Crippen molar-refractivity contribution in [1.29, 1.82) is 0 Å². The Balaban J connectivity index is 4.37. The van der Waals surface area contributed by atoms with Crippen molar-refractivity contribution in [2.45, 2.75) is 32.8 Å². The van der Waals surface area contributed by atoms with E-state index in [1.165, 1.54) is 25.6 Å². The molecule has 28 heavy (non-hydrogen) atoms. The Bertz CT molecular complexity index is 596. The zero-order valence-electron chi connectivity index (χ0n) is 16.0. The van der Waals surface area contributed by atoms with E-state index in [0.29, 0.717) is 17.9 Å². The molecule has 0 bridgehead atoms. The Morgan fingerprint density at radius 1 is 1.00 bits per heavy atom. The number of esters is 3. The summed E-state index contributed by atoms with van der Waals surface area (Å²) < 4.78 is 25.8. The van der Waals surface area contributed by atoms with E-state index >= 15 is 0 Å². The zero-order valence-corrected chi connectivity index (χ0v) is 17.8. The summed E-state index contributed by atoms with van der Waals surface area (Å²) in [6.45, 7) is 9.22. The van der Waals surface area contributed by atoms with E-state index in [1.807, 2.05) is 0 Å². The monoisotopic (exact) mass is 438 g/mol. The van der Waals surface area contributed by atoms with Gasteiger partial charge in [-0.25, -0.2) is 9.59 Å². The Kier molecular flexibility index (Phi) is 12.8. The van der Waals surface area contributed by atoms with Crippen LogP contribution in [-0.2, 0) is 33.2 Å². The molecule has 2 N–H and O–H groups in total. The molecule has 0 aromatic carbocycles. The largest absolute Gasteiger partial charge is 0.458 e. The average Bonchev–Trinajstić information content (AvgIpc) is 2.58. The molecule has 0 aliphatic rings. The van der Waals surface area contributed by atoms with Gasteiger partial charge in [0.15, 0.2) is 6.10 Å². The van der Waals surface area contributed by atoms with Gasteiger partial charge in [-0.2, -0.15) is 11.8 Å². The highest BCUT2D eigenvalue weighted by Gasteiger charge is 2.20. The van der Waals surface area contributed by atoms with Crippen LogP contribution in [0.3, 0.4) is 0 Å². The molecule has 0 radical (unpaired) electrons. The molecule has 0 atom stereocenters. The van der Waals surface area contributed by atoms with Gasteiger partial charge < -0.3 is 24.0 Å². The van der Waals surface area contributed by atoms with E-state index in [9.17, 15) is 18.9 Å². The molecule has 0 heterocycles. The van der Waals surface area contributed by atoms with Gasteiger partial charge in [-0.1, -0.05) is 13.2 Å². The van der Waals surface area contributed by atoms with Crippen LogP contribution >= 0.6 is 19.4 Å². The van der Waals surface area contributed by atoms with Gasteiger partial charge in [-0.3, -0.25) is 9.36 Å². The molecule has 0 aliphatic heterocycles. The van der Waals surface area contributed by atoms with Crippen LogP contribution < -0.4 is 0 Å². The third-order valence-corrected chi connectivity index (χ3v) is 4.95. The Labute approximate surface area is 168 Å². The summed E-state index contributed by atoms with van der Waals surface area (Å²) in [6.07, 6.45) is -0.798. The van der Waals surface area contributed by atoms with E-state index in [1.54, 1.807) is 0 Å². The second-order valence-electron chi connectivity index (χ2n) is 5.97. The molecule has 0 aromatic heterocycles. The molecule has 0 spiro atoms. The summed E-state index contributed by atoms with van der Waals surface area (Å²) in [5.74, 6) is -1.01. The third kappa shape index (κ3) is 14.4. The van der Waals surface area contributed by atoms with Crippen molar-refractivity contribution < 1.29 is 42.9 Å². The lowest BCUT2D eigenvalue weighted by atomic mass is 10.3. The predicted molar refractivity (Wildman–Crippen MR) is 105 cm³/mol. The first-order valence-electron chi connectivity index (χ1n) is 8.39. The normalized spacial score (nSPS) is 11.0. The van der Waals surface area contributed by atoms with Gasteiger partial charge in [0.25, 0.3) is 0 Å². The summed E-state index contributed by atoms with van der Waals surface area (Å²) >= 11 is 1.36. The fraction of sp³-hybridized carbons (Fsp3) is 0.588. The van der Waals surface area contributed by atoms with Gasteiger partial charge in [0.05, 0.1) is 12.6 Å². The molecule has 0 saturated heterocycles. The maximum atomic E-state index is 11.9. The molecule has 11 heteroatoms. The highest BCUT2D eigenvalue weighted by Crippen LogP contribution is 2.35. The maximum absolute atomic E-state index is 11.9. The lowest BCUT2D eigenvalue weighted by Crippen LogP contribution is -2.31. The van der Waals surface area contributed by atoms with Crippen molar-refractivity contribution in [3.63, 3.8) is 0 Å². The number of thioether (sulfide) groups is 1. The Morgan fingerprint density at radius 2 is 1.50 bits per heavy atom. The molecule has 0 rings (SSSR count). The second kappa shape index (κ2) is 13.5. The lowest BCUT2D eigenvalue weighted by molar-refractivity contribution is -0.164. The van der Waals surface area contributed by atoms with Gasteiger partial charge in [-0.05, 0) is 26.0 Å². The van der Waals surface area contributed by atoms with E-state index in [0.717, 1.165) is 0 Å². The molecule has 0 fully saturated rings. The smallest absolute Gasteiger partial charge is 0.333 e. The van der Waals surface area contributed by atoms with Crippen LogP contribution in [0.5, 0.6) is 0 Å². The maximum Gasteiger partial charge on any atom is 0.333 e. The minimum Gasteiger partial charge on any atom is -0.458 e. The predicted octanol–water partition coefficient (Wildman–Crippen LogP) is 1.83. The lowest BCUT2D eigenvalue weighted by Gasteiger charge is -2.18. The summed E-state index contributed by atoms with van der Waals surface area (Å²) in [7, 11) is -4.00. The minimum atomic E-state index is -4.00. The fourth-order valence-electron chi connectivity index (χ4n) is 1.57. The van der Waals surface area contributed by atoms with Crippen LogP contribution in [-0.4, -0.2) is 64.7 Å². The average molecular weight is 438 g/mol. The van der Waals surface area contributed by atoms with Crippen molar-refractivity contribution >= 4 is 37.3 Å². The van der Waals surface area contributed by atoms with E-state index in [-0.39, 0.29) is 36.9 Å². The number of carbonyl (C=O) groups is 3. The van der Waals surface area contributed by atoms with Crippen LogP contribution in [0, 0.1) is 0 Å². The number of hydrogen-bond donors (Lipinski definition) is 2. The van der Waals surface area contributed by atoms with Gasteiger partial charge in [0.1, 0.15) is 13.2 Å². The van der Waals surface area contributed by atoms with Crippen LogP contribution in [0.25, 0.3) is 0 Å². The molecule has 0 aliphatic carbocycles. The molecule has 0 amide bonds. The molecule has 9 nitrogen and oxygen atoms in total. The SMILES string of the molecule is C=C(C)C(=O)OCC(COC(=O)C(=C)C)OC(=O)CCSCCCP(=O)(O)O. The van der Waals surface area contributed by atoms with Crippen LogP contribution in [0.1, 0.15) is 26.7 Å². The summed E-state index contributed by atoms with van der Waals surface area (Å²) in [6, 6.07) is 0. The third-order valence-electron chi connectivity index (χ3n) is 2.98. The van der Waals surface area contributed by atoms with Crippen molar-refractivity contribution in [2.24, 2.45) is 0 Å². The van der Waals surface area contributed by atoms with E-state index < -0.39 is 31.6 Å². The molecular formula is C17H27O9PS. The molecule has 160 valence electrons. The quantitative estimate of drug-likeness (QED) is 0.136. The van der Waals surface area contributed by atoms with Crippen molar-refractivity contribution in [2.75, 3.05) is 30.9 Å². The first kappa shape index (κ1) is 26.4. The fourth-order valence-corrected chi connectivity index (χ4v) is 3.22. The minimum absolute atomic E-state index is 0.0416. The number of rotatable bonds is 14. The van der Waals surface area contributed by atoms with E-state index in [2.05, 4.69) is 13.2 Å². The topological polar surface area (TPSA) is 136 Å². The molecular weight excluding hydrogens is 411 g/mol. The molecule has 0 saturated carbocycles. The molecule has 0 unspecified atom stereocenters. The second-order valence-corrected chi connectivity index (χ2v) is 8.97. The Hall–Kier alpha value is -1.61. The number of ether oxygens (including phenoxy) is 3. The number of hydrogen-bond acceptors (Lipinski definition) is 8. The summed E-state index contributed by atoms with van der Waals surface area (Å²) in [5, 5.41) is 0. The van der Waals surface area contributed by atoms with Crippen molar-refractivity contribution in [3.05, 3.63) is 24.3 Å². The van der Waals surface area contributed by atoms with Crippen LogP contribution in [0.4, 0.5) is 0 Å². The first-order chi connectivity index (χ1) is 12.9. The van der Waals surface area contributed by atoms with Gasteiger partial charge in [0, 0.05) is 16.9 Å². The van der Waals surface area contributed by atoms with Crippen molar-refractivity contribution in [3.8, 4) is 0 Å². The highest BCUT2D eigenvalue weighted by molar-refractivity contribution is 7.99. The Morgan fingerprint density at radius 3 is 1.93 bits per heavy atom. The van der Waals surface area contributed by atoms with Gasteiger partial charge in [0.2, 0.25) is 0 Å². The van der Waals surface area contributed by atoms with E-state index in [4.69, 9.17) is 24.0 Å². The molecule has 0 aromatic rings. The number of carbonyl (C=O) groups excluding carboxylic acids is 3. The summed E-state index contributed by atoms with van der Waals surface area (Å²) in [5.41, 5.74) is 0.353. The van der Waals surface area contributed by atoms with Crippen LogP contribution in [0.2, 0.25) is 0 Å². The van der Waals surface area contributed by atoms with Gasteiger partial charge in [-0.15, -0.1) is 0 Å². The summed E-state index contributed by atoms with van der Waals surface area (Å²) in [4.78, 5) is 52.4. The van der Waals surface area contributed by atoms with Gasteiger partial charge >= 0.3 is 25.5 Å². The van der Waals surface area contributed by atoms with Crippen molar-refractivity contribution in [1.82, 2.24) is 0 Å². The standard InChI is InChI=1S/C17H27O9PS/c1-12(2)16(19)24-10-14(11-25-17(20)13(3)4)26-15(18)6-9-28-8-5-7-27(21,22)23/h14H,1,3,5-11H2,2,4H3,(H2,21,22,23). The zero-order chi connectivity index (χ0) is 21.7. The first-order valence-corrected chi connectivity index (χ1v) is 11.3. The van der Waals surface area contributed by atoms with Crippen LogP contribution in [0.15, 0.2) is 24.3 Å². The highest BCUT2D eigenvalue weighted by atomic mass is 32.2.